The molecule has 2 nitrogen and oxygen atoms in total. The lowest BCUT2D eigenvalue weighted by molar-refractivity contribution is 0.735. The topological polar surface area (TPSA) is 29.3 Å². The van der Waals surface area contributed by atoms with E-state index in [-0.39, 0.29) is 6.04 Å². The molecule has 2 aromatic rings. The molecule has 0 aliphatic rings. The van der Waals surface area contributed by atoms with Gasteiger partial charge in [0, 0.05) is 24.5 Å². The van der Waals surface area contributed by atoms with E-state index in [2.05, 4.69) is 68.3 Å². The second kappa shape index (κ2) is 6.10. The predicted octanol–water partition coefficient (Wildman–Crippen LogP) is 3.96. The first-order chi connectivity index (χ1) is 9.47. The highest BCUT2D eigenvalue weighted by molar-refractivity contribution is 5.63. The molecule has 0 saturated heterocycles. The van der Waals surface area contributed by atoms with Crippen molar-refractivity contribution in [1.29, 1.82) is 0 Å². The van der Waals surface area contributed by atoms with Crippen LogP contribution in [0.5, 0.6) is 0 Å². The summed E-state index contributed by atoms with van der Waals surface area (Å²) in [6.07, 6.45) is 0.931. The maximum absolute atomic E-state index is 5.89. The summed E-state index contributed by atoms with van der Waals surface area (Å²) in [4.78, 5) is 2.21. The Balaban J connectivity index is 2.24. The molecule has 0 amide bonds. The monoisotopic (exact) mass is 268 g/mol. The minimum Gasteiger partial charge on any atom is -0.345 e. The Kier molecular flexibility index (Phi) is 4.46. The van der Waals surface area contributed by atoms with Gasteiger partial charge in [-0.25, -0.2) is 0 Å². The van der Waals surface area contributed by atoms with Gasteiger partial charge in [0.25, 0.3) is 0 Å². The first-order valence-electron chi connectivity index (χ1n) is 7.13. The standard InChI is InChI=1S/C18H24N2/c1-13-5-8-17(9-6-13)20(4)18-10-7-16(12-15(3)19)14(2)11-18/h5-11,15H,12,19H2,1-4H3. The van der Waals surface area contributed by atoms with Gasteiger partial charge in [-0.2, -0.15) is 0 Å². The van der Waals surface area contributed by atoms with Crippen LogP contribution >= 0.6 is 0 Å². The van der Waals surface area contributed by atoms with Crippen LogP contribution in [0, 0.1) is 13.8 Å². The van der Waals surface area contributed by atoms with Crippen LogP contribution in [0.25, 0.3) is 0 Å². The maximum Gasteiger partial charge on any atom is 0.0410 e. The van der Waals surface area contributed by atoms with E-state index in [4.69, 9.17) is 5.73 Å². The number of hydrogen-bond acceptors (Lipinski definition) is 2. The van der Waals surface area contributed by atoms with Gasteiger partial charge in [-0.15, -0.1) is 0 Å². The molecule has 0 bridgehead atoms. The lowest BCUT2D eigenvalue weighted by Crippen LogP contribution is -2.18. The molecule has 2 rings (SSSR count). The number of benzene rings is 2. The zero-order chi connectivity index (χ0) is 14.7. The van der Waals surface area contributed by atoms with Crippen LogP contribution in [-0.4, -0.2) is 13.1 Å². The fourth-order valence-electron chi connectivity index (χ4n) is 2.38. The summed E-state index contributed by atoms with van der Waals surface area (Å²) in [6, 6.07) is 15.4. The molecule has 0 radical (unpaired) electrons. The van der Waals surface area contributed by atoms with Gasteiger partial charge in [-0.1, -0.05) is 23.8 Å². The number of nitrogens with two attached hydrogens (primary N) is 1. The average molecular weight is 268 g/mol. The van der Waals surface area contributed by atoms with Gasteiger partial charge in [0.1, 0.15) is 0 Å². The molecular weight excluding hydrogens is 244 g/mol. The predicted molar refractivity (Wildman–Crippen MR) is 87.8 cm³/mol. The lowest BCUT2D eigenvalue weighted by atomic mass is 10.0. The van der Waals surface area contributed by atoms with Gasteiger partial charge in [-0.05, 0) is 62.6 Å². The second-order valence-electron chi connectivity index (χ2n) is 5.69. The minimum absolute atomic E-state index is 0.203. The van der Waals surface area contributed by atoms with Crippen molar-refractivity contribution in [3.8, 4) is 0 Å². The Hall–Kier alpha value is -1.80. The average Bonchev–Trinajstić information content (AvgIpc) is 2.41. The number of nitrogens with zero attached hydrogens (tertiary/aromatic N) is 1. The number of hydrogen-bond donors (Lipinski definition) is 1. The molecule has 0 heterocycles. The summed E-state index contributed by atoms with van der Waals surface area (Å²) in [5.41, 5.74) is 12.2. The number of rotatable bonds is 4. The number of aryl methyl sites for hydroxylation is 2. The van der Waals surface area contributed by atoms with E-state index in [0.717, 1.165) is 6.42 Å². The van der Waals surface area contributed by atoms with Crippen molar-refractivity contribution in [3.05, 3.63) is 59.2 Å². The van der Waals surface area contributed by atoms with Crippen molar-refractivity contribution in [1.82, 2.24) is 0 Å². The van der Waals surface area contributed by atoms with Crippen LogP contribution in [0.3, 0.4) is 0 Å². The largest absolute Gasteiger partial charge is 0.345 e. The molecule has 2 heteroatoms. The van der Waals surface area contributed by atoms with Crippen molar-refractivity contribution in [2.75, 3.05) is 11.9 Å². The molecule has 2 N–H and O–H groups in total. The van der Waals surface area contributed by atoms with E-state index in [1.807, 2.05) is 6.92 Å². The van der Waals surface area contributed by atoms with Crippen LogP contribution in [0.15, 0.2) is 42.5 Å². The lowest BCUT2D eigenvalue weighted by Gasteiger charge is -2.21. The molecular formula is C18H24N2. The first-order valence-corrected chi connectivity index (χ1v) is 7.13. The Labute approximate surface area is 122 Å². The third kappa shape index (κ3) is 3.40. The normalized spacial score (nSPS) is 12.2. The third-order valence-corrected chi connectivity index (χ3v) is 3.68. The molecule has 0 saturated carbocycles. The molecule has 1 unspecified atom stereocenters. The molecule has 0 aliphatic carbocycles. The third-order valence-electron chi connectivity index (χ3n) is 3.68. The van der Waals surface area contributed by atoms with Crippen LogP contribution in [0.1, 0.15) is 23.6 Å². The van der Waals surface area contributed by atoms with Gasteiger partial charge >= 0.3 is 0 Å². The molecule has 106 valence electrons. The Bertz CT molecular complexity index is 570. The highest BCUT2D eigenvalue weighted by atomic mass is 15.1. The molecule has 0 aliphatic heterocycles. The smallest absolute Gasteiger partial charge is 0.0410 e. The van der Waals surface area contributed by atoms with Crippen molar-refractivity contribution >= 4 is 11.4 Å². The molecule has 0 fully saturated rings. The Morgan fingerprint density at radius 1 is 1.00 bits per heavy atom. The zero-order valence-corrected chi connectivity index (χ0v) is 12.9. The minimum atomic E-state index is 0.203. The van der Waals surface area contributed by atoms with Crippen molar-refractivity contribution < 1.29 is 0 Å². The van der Waals surface area contributed by atoms with Crippen LogP contribution in [0.2, 0.25) is 0 Å². The van der Waals surface area contributed by atoms with E-state index < -0.39 is 0 Å². The van der Waals surface area contributed by atoms with Gasteiger partial charge < -0.3 is 10.6 Å². The molecule has 2 aromatic carbocycles. The van der Waals surface area contributed by atoms with Gasteiger partial charge in [-0.3, -0.25) is 0 Å². The van der Waals surface area contributed by atoms with Crippen LogP contribution in [0.4, 0.5) is 11.4 Å². The van der Waals surface area contributed by atoms with Crippen LogP contribution < -0.4 is 10.6 Å². The maximum atomic E-state index is 5.89. The molecule has 0 aromatic heterocycles. The van der Waals surface area contributed by atoms with Crippen LogP contribution in [-0.2, 0) is 6.42 Å². The second-order valence-corrected chi connectivity index (χ2v) is 5.69. The SMILES string of the molecule is Cc1ccc(N(C)c2ccc(CC(C)N)c(C)c2)cc1. The van der Waals surface area contributed by atoms with E-state index in [9.17, 15) is 0 Å². The quantitative estimate of drug-likeness (QED) is 0.909. The van der Waals surface area contributed by atoms with Crippen molar-refractivity contribution in [3.63, 3.8) is 0 Å². The van der Waals surface area contributed by atoms with Crippen molar-refractivity contribution in [2.45, 2.75) is 33.2 Å². The van der Waals surface area contributed by atoms with E-state index in [1.54, 1.807) is 0 Å². The molecule has 1 atom stereocenters. The highest BCUT2D eigenvalue weighted by Crippen LogP contribution is 2.26. The van der Waals surface area contributed by atoms with E-state index in [0.29, 0.717) is 0 Å². The zero-order valence-electron chi connectivity index (χ0n) is 12.9. The number of anilines is 2. The van der Waals surface area contributed by atoms with E-state index in [1.165, 1.54) is 28.1 Å². The summed E-state index contributed by atoms with van der Waals surface area (Å²) in [5, 5.41) is 0. The van der Waals surface area contributed by atoms with E-state index >= 15 is 0 Å². The van der Waals surface area contributed by atoms with Gasteiger partial charge in [0.2, 0.25) is 0 Å². The Morgan fingerprint density at radius 2 is 1.60 bits per heavy atom. The highest BCUT2D eigenvalue weighted by Gasteiger charge is 2.07. The van der Waals surface area contributed by atoms with Crippen molar-refractivity contribution in [2.24, 2.45) is 5.73 Å². The van der Waals surface area contributed by atoms with Gasteiger partial charge in [0.15, 0.2) is 0 Å². The fourth-order valence-corrected chi connectivity index (χ4v) is 2.38. The molecule has 0 spiro atoms. The Morgan fingerprint density at radius 3 is 2.15 bits per heavy atom. The summed E-state index contributed by atoms with van der Waals surface area (Å²) < 4.78 is 0. The molecule has 20 heavy (non-hydrogen) atoms. The summed E-state index contributed by atoms with van der Waals surface area (Å²) in [7, 11) is 2.10. The fraction of sp³-hybridized carbons (Fsp3) is 0.333. The summed E-state index contributed by atoms with van der Waals surface area (Å²) in [5.74, 6) is 0. The summed E-state index contributed by atoms with van der Waals surface area (Å²) >= 11 is 0. The first kappa shape index (κ1) is 14.6. The van der Waals surface area contributed by atoms with Gasteiger partial charge in [0.05, 0.1) is 0 Å². The summed E-state index contributed by atoms with van der Waals surface area (Å²) in [6.45, 7) is 6.31.